The number of Topliss-reactive ketones (excluding diaryl/α,β-unsaturated/α-hetero) is 1. The number of carbonyl (C=O) groups excluding carboxylic acids is 1. The summed E-state index contributed by atoms with van der Waals surface area (Å²) in [6, 6.07) is 7.07. The zero-order chi connectivity index (χ0) is 18.9. The maximum Gasteiger partial charge on any atom is 0.287 e. The topological polar surface area (TPSA) is 52.0 Å². The Labute approximate surface area is 171 Å². The molecule has 0 spiro atoms. The molecule has 2 aromatic rings. The monoisotopic (exact) mass is 456 g/mol. The van der Waals surface area contributed by atoms with Crippen LogP contribution in [0.3, 0.4) is 0 Å². The van der Waals surface area contributed by atoms with Crippen LogP contribution in [0.25, 0.3) is 0 Å². The number of rotatable bonds is 10. The van der Waals surface area contributed by atoms with Crippen molar-refractivity contribution in [3.63, 3.8) is 0 Å². The summed E-state index contributed by atoms with van der Waals surface area (Å²) in [4.78, 5) is 27.7. The van der Waals surface area contributed by atoms with Gasteiger partial charge in [0.15, 0.2) is 10.9 Å². The van der Waals surface area contributed by atoms with E-state index in [2.05, 4.69) is 20.9 Å². The number of aryl methyl sites for hydroxylation is 1. The zero-order valence-electron chi connectivity index (χ0n) is 14.7. The number of nitrogens with zero attached hydrogens (tertiary/aromatic N) is 2. The van der Waals surface area contributed by atoms with Crippen molar-refractivity contribution in [3.05, 3.63) is 55.9 Å². The minimum absolute atomic E-state index is 0.180. The Morgan fingerprint density at radius 1 is 1.15 bits per heavy atom. The fraction of sp³-hybridized carbons (Fsp3) is 0.421. The summed E-state index contributed by atoms with van der Waals surface area (Å²) in [5, 5.41) is 1.39. The summed E-state index contributed by atoms with van der Waals surface area (Å²) in [7, 11) is 1.89. The molecule has 1 aromatic heterocycles. The van der Waals surface area contributed by atoms with Crippen LogP contribution in [0.15, 0.2) is 44.9 Å². The number of ketones is 1. The number of halogens is 2. The number of hydrogen-bond donors (Lipinski definition) is 0. The summed E-state index contributed by atoms with van der Waals surface area (Å²) in [5.74, 6) is 1.12. The number of aromatic nitrogens is 2. The van der Waals surface area contributed by atoms with Crippen molar-refractivity contribution in [2.45, 2.75) is 43.7 Å². The highest BCUT2D eigenvalue weighted by molar-refractivity contribution is 9.10. The minimum Gasteiger partial charge on any atom is -0.329 e. The third-order valence-electron chi connectivity index (χ3n) is 3.96. The van der Waals surface area contributed by atoms with Gasteiger partial charge in [-0.15, -0.1) is 0 Å². The van der Waals surface area contributed by atoms with Crippen LogP contribution in [0.2, 0.25) is 5.02 Å². The lowest BCUT2D eigenvalue weighted by Gasteiger charge is -2.07. The first kappa shape index (κ1) is 21.2. The second-order valence-corrected chi connectivity index (χ2v) is 8.44. The second-order valence-electron chi connectivity index (χ2n) is 6.08. The molecule has 2 rings (SSSR count). The van der Waals surface area contributed by atoms with E-state index < -0.39 is 0 Å². The van der Waals surface area contributed by atoms with Crippen LogP contribution in [-0.2, 0) is 7.05 Å². The Morgan fingerprint density at radius 3 is 2.54 bits per heavy atom. The first-order valence-corrected chi connectivity index (χ1v) is 10.8. The van der Waals surface area contributed by atoms with Crippen molar-refractivity contribution < 1.29 is 4.79 Å². The Morgan fingerprint density at radius 2 is 1.81 bits per heavy atom. The minimum atomic E-state index is -0.226. The van der Waals surface area contributed by atoms with Gasteiger partial charge in [-0.1, -0.05) is 42.6 Å². The lowest BCUT2D eigenvalue weighted by atomic mass is 10.0. The third-order valence-corrected chi connectivity index (χ3v) is 5.88. The molecule has 0 aliphatic rings. The van der Waals surface area contributed by atoms with E-state index in [9.17, 15) is 9.59 Å². The summed E-state index contributed by atoms with van der Waals surface area (Å²) in [6.07, 6.45) is 7.60. The zero-order valence-corrected chi connectivity index (χ0v) is 17.9. The molecule has 0 saturated heterocycles. The van der Waals surface area contributed by atoms with Gasteiger partial charge in [0, 0.05) is 36.0 Å². The van der Waals surface area contributed by atoms with E-state index in [0.717, 1.165) is 48.6 Å². The lowest BCUT2D eigenvalue weighted by molar-refractivity contribution is 0.0979. The average molecular weight is 458 g/mol. The molecule has 0 atom stereocenters. The smallest absolute Gasteiger partial charge is 0.287 e. The molecule has 1 heterocycles. The van der Waals surface area contributed by atoms with Crippen molar-refractivity contribution in [2.24, 2.45) is 7.05 Å². The second kappa shape index (κ2) is 10.9. The fourth-order valence-electron chi connectivity index (χ4n) is 2.50. The normalized spacial score (nSPS) is 10.9. The SMILES string of the molecule is Cn1cc(Br)c(=O)nc1SCCCCCCCC(=O)c1ccc(Cl)cc1. The van der Waals surface area contributed by atoms with E-state index in [1.54, 1.807) is 42.2 Å². The molecule has 7 heteroatoms. The fourth-order valence-corrected chi connectivity index (χ4v) is 3.95. The molecule has 140 valence electrons. The highest BCUT2D eigenvalue weighted by atomic mass is 79.9. The van der Waals surface area contributed by atoms with E-state index in [0.29, 0.717) is 15.9 Å². The molecule has 0 fully saturated rings. The van der Waals surface area contributed by atoms with Gasteiger partial charge in [0.05, 0.1) is 0 Å². The molecule has 0 unspecified atom stereocenters. The maximum atomic E-state index is 12.0. The summed E-state index contributed by atoms with van der Waals surface area (Å²) in [6.45, 7) is 0. The molecule has 0 aliphatic carbocycles. The maximum absolute atomic E-state index is 12.0. The molecule has 1 aromatic carbocycles. The highest BCUT2D eigenvalue weighted by Crippen LogP contribution is 2.18. The Hall–Kier alpha value is -1.11. The number of hydrogen-bond acceptors (Lipinski definition) is 4. The molecular formula is C19H22BrClN2O2S. The Balaban J connectivity index is 1.57. The van der Waals surface area contributed by atoms with E-state index in [1.165, 1.54) is 0 Å². The van der Waals surface area contributed by atoms with Crippen LogP contribution < -0.4 is 5.56 Å². The van der Waals surface area contributed by atoms with Gasteiger partial charge in [0.1, 0.15) is 4.47 Å². The number of benzene rings is 1. The van der Waals surface area contributed by atoms with E-state index >= 15 is 0 Å². The van der Waals surface area contributed by atoms with Crippen LogP contribution in [0.4, 0.5) is 0 Å². The Bertz CT molecular complexity index is 793. The van der Waals surface area contributed by atoms with Gasteiger partial charge in [-0.05, 0) is 53.0 Å². The molecule has 0 bridgehead atoms. The Kier molecular flexibility index (Phi) is 8.88. The summed E-state index contributed by atoms with van der Waals surface area (Å²) in [5.41, 5.74) is 0.509. The number of thioether (sulfide) groups is 1. The molecule has 0 N–H and O–H groups in total. The molecule has 0 amide bonds. The summed E-state index contributed by atoms with van der Waals surface area (Å²) >= 11 is 10.6. The van der Waals surface area contributed by atoms with E-state index in [-0.39, 0.29) is 11.3 Å². The van der Waals surface area contributed by atoms with Crippen molar-refractivity contribution in [1.82, 2.24) is 9.55 Å². The van der Waals surface area contributed by atoms with E-state index in [1.807, 2.05) is 11.6 Å². The van der Waals surface area contributed by atoms with Crippen LogP contribution in [0.1, 0.15) is 48.9 Å². The van der Waals surface area contributed by atoms with Crippen LogP contribution in [0, 0.1) is 0 Å². The lowest BCUT2D eigenvalue weighted by Crippen LogP contribution is -2.13. The van der Waals surface area contributed by atoms with Crippen molar-refractivity contribution in [3.8, 4) is 0 Å². The first-order chi connectivity index (χ1) is 12.5. The van der Waals surface area contributed by atoms with Crippen LogP contribution >= 0.6 is 39.3 Å². The predicted octanol–water partition coefficient (Wildman–Crippen LogP) is 5.51. The first-order valence-electron chi connectivity index (χ1n) is 8.62. The molecule has 0 radical (unpaired) electrons. The highest BCUT2D eigenvalue weighted by Gasteiger charge is 2.06. The largest absolute Gasteiger partial charge is 0.329 e. The van der Waals surface area contributed by atoms with Gasteiger partial charge >= 0.3 is 0 Å². The molecule has 26 heavy (non-hydrogen) atoms. The summed E-state index contributed by atoms with van der Waals surface area (Å²) < 4.78 is 2.34. The van der Waals surface area contributed by atoms with Crippen LogP contribution in [0.5, 0.6) is 0 Å². The van der Waals surface area contributed by atoms with Crippen molar-refractivity contribution in [1.29, 1.82) is 0 Å². The number of carbonyl (C=O) groups is 1. The third kappa shape index (κ3) is 6.89. The van der Waals surface area contributed by atoms with Gasteiger partial charge in [0.2, 0.25) is 0 Å². The van der Waals surface area contributed by atoms with Crippen LogP contribution in [-0.4, -0.2) is 21.1 Å². The quantitative estimate of drug-likeness (QED) is 0.204. The van der Waals surface area contributed by atoms with Gasteiger partial charge in [-0.3, -0.25) is 9.59 Å². The standard InChI is InChI=1S/C19H22BrClN2O2S/c1-23-13-16(20)18(25)22-19(23)26-12-6-4-2-3-5-7-17(24)14-8-10-15(21)11-9-14/h8-11,13H,2-7,12H2,1H3. The van der Waals surface area contributed by atoms with Gasteiger partial charge < -0.3 is 4.57 Å². The molecular weight excluding hydrogens is 436 g/mol. The van der Waals surface area contributed by atoms with Gasteiger partial charge in [-0.2, -0.15) is 4.98 Å². The van der Waals surface area contributed by atoms with Gasteiger partial charge in [-0.25, -0.2) is 0 Å². The molecule has 0 aliphatic heterocycles. The average Bonchev–Trinajstić information content (AvgIpc) is 2.61. The van der Waals surface area contributed by atoms with Crippen molar-refractivity contribution >= 4 is 45.1 Å². The molecule has 4 nitrogen and oxygen atoms in total. The van der Waals surface area contributed by atoms with E-state index in [4.69, 9.17) is 11.6 Å². The predicted molar refractivity (Wildman–Crippen MR) is 111 cm³/mol. The van der Waals surface area contributed by atoms with Crippen molar-refractivity contribution in [2.75, 3.05) is 5.75 Å². The van der Waals surface area contributed by atoms with Gasteiger partial charge in [0.25, 0.3) is 5.56 Å². The number of unbranched alkanes of at least 4 members (excludes halogenated alkanes) is 4. The molecule has 0 saturated carbocycles.